The van der Waals surface area contributed by atoms with Crippen molar-refractivity contribution in [3.63, 3.8) is 0 Å². The number of nitrogens with one attached hydrogen (secondary N) is 1. The molecule has 2 unspecified atom stereocenters. The summed E-state index contributed by atoms with van der Waals surface area (Å²) in [6, 6.07) is 32.9. The van der Waals surface area contributed by atoms with Gasteiger partial charge < -0.3 is 19.9 Å². The van der Waals surface area contributed by atoms with Gasteiger partial charge in [0.25, 0.3) is 5.91 Å². The largest absolute Gasteiger partial charge is 0.478 e. The van der Waals surface area contributed by atoms with E-state index in [4.69, 9.17) is 9.47 Å². The topological polar surface area (TPSA) is 143 Å². The Balaban J connectivity index is 1.57. The average molecular weight is 561 g/mol. The number of carboxylic acids is 1. The Morgan fingerprint density at radius 2 is 1.12 bits per heavy atom. The number of aliphatic carboxylic acids is 1. The molecule has 0 radical (unpaired) electrons. The van der Waals surface area contributed by atoms with Crippen LogP contribution in [0.15, 0.2) is 115 Å². The van der Waals surface area contributed by atoms with Crippen LogP contribution >= 0.6 is 0 Å². The van der Waals surface area contributed by atoms with Crippen molar-refractivity contribution in [1.29, 1.82) is 5.26 Å². The highest BCUT2D eigenvalue weighted by Gasteiger charge is 2.41. The minimum atomic E-state index is -2.16. The molecule has 0 bridgehead atoms. The third kappa shape index (κ3) is 7.55. The molecule has 4 rings (SSSR count). The number of amides is 1. The Morgan fingerprint density at radius 3 is 1.57 bits per heavy atom. The summed E-state index contributed by atoms with van der Waals surface area (Å²) < 4.78 is 10.5. The van der Waals surface area contributed by atoms with Gasteiger partial charge in [-0.15, -0.1) is 0 Å². The number of rotatable bonds is 10. The van der Waals surface area contributed by atoms with Gasteiger partial charge in [0.1, 0.15) is 0 Å². The summed E-state index contributed by atoms with van der Waals surface area (Å²) in [5.74, 6) is -4.72. The summed E-state index contributed by atoms with van der Waals surface area (Å²) in [4.78, 5) is 51.0. The molecule has 4 aromatic rings. The molecule has 0 heterocycles. The van der Waals surface area contributed by atoms with Crippen molar-refractivity contribution >= 4 is 41.2 Å². The molecule has 4 aromatic carbocycles. The van der Waals surface area contributed by atoms with Crippen molar-refractivity contribution < 1.29 is 33.8 Å². The van der Waals surface area contributed by atoms with Crippen LogP contribution in [0.2, 0.25) is 0 Å². The molecule has 9 nitrogen and oxygen atoms in total. The van der Waals surface area contributed by atoms with Crippen LogP contribution in [0.25, 0.3) is 11.6 Å². The highest BCUT2D eigenvalue weighted by molar-refractivity contribution is 6.01. The molecule has 0 aliphatic heterocycles. The molecule has 0 spiro atoms. The number of carboxylic acid groups (broad SMARTS) is 1. The standard InChI is InChI=1S/C33H24N2O7/c34-21-26(23-10-4-1-5-11-23)20-22-16-18-27(19-17-22)35-30(36)28(41-32(39)24-12-6-2-7-13-24)29(31(37)38)42-33(40)25-14-8-3-9-15-25/h1-20,28-29H,(H,35,36)(H,37,38)/b26-20+. The van der Waals surface area contributed by atoms with Gasteiger partial charge in [-0.25, -0.2) is 14.4 Å². The lowest BCUT2D eigenvalue weighted by molar-refractivity contribution is -0.157. The molecule has 208 valence electrons. The van der Waals surface area contributed by atoms with E-state index in [0.717, 1.165) is 5.56 Å². The van der Waals surface area contributed by atoms with Crippen LogP contribution in [-0.2, 0) is 19.1 Å². The fourth-order valence-electron chi connectivity index (χ4n) is 3.85. The molecule has 0 fully saturated rings. The van der Waals surface area contributed by atoms with E-state index in [1.807, 2.05) is 30.3 Å². The number of nitriles is 1. The highest BCUT2D eigenvalue weighted by atomic mass is 16.6. The summed E-state index contributed by atoms with van der Waals surface area (Å²) in [5, 5.41) is 22.0. The number of benzene rings is 4. The van der Waals surface area contributed by atoms with Gasteiger partial charge in [-0.1, -0.05) is 78.9 Å². The van der Waals surface area contributed by atoms with E-state index >= 15 is 0 Å². The van der Waals surface area contributed by atoms with Gasteiger partial charge in [0.05, 0.1) is 22.8 Å². The van der Waals surface area contributed by atoms with E-state index in [2.05, 4.69) is 11.4 Å². The SMILES string of the molecule is N#C/C(=C\c1ccc(NC(=O)C(OC(=O)c2ccccc2)C(OC(=O)c2ccccc2)C(=O)O)cc1)c1ccccc1. The first kappa shape index (κ1) is 29.0. The van der Waals surface area contributed by atoms with Crippen molar-refractivity contribution in [3.8, 4) is 6.07 Å². The highest BCUT2D eigenvalue weighted by Crippen LogP contribution is 2.20. The van der Waals surface area contributed by atoms with E-state index in [0.29, 0.717) is 11.1 Å². The summed E-state index contributed by atoms with van der Waals surface area (Å²) in [5.41, 5.74) is 2.20. The van der Waals surface area contributed by atoms with E-state index in [1.54, 1.807) is 54.6 Å². The number of carbonyl (C=O) groups is 4. The number of nitrogens with zero attached hydrogens (tertiary/aromatic N) is 1. The minimum absolute atomic E-state index is 0.0492. The van der Waals surface area contributed by atoms with Gasteiger partial charge >= 0.3 is 17.9 Å². The van der Waals surface area contributed by atoms with Crippen LogP contribution in [0.4, 0.5) is 5.69 Å². The number of hydrogen-bond acceptors (Lipinski definition) is 7. The Morgan fingerprint density at radius 1 is 0.667 bits per heavy atom. The zero-order valence-corrected chi connectivity index (χ0v) is 22.0. The monoisotopic (exact) mass is 560 g/mol. The van der Waals surface area contributed by atoms with Gasteiger partial charge in [0.2, 0.25) is 12.2 Å². The second kappa shape index (κ2) is 13.9. The maximum atomic E-state index is 13.3. The molecule has 2 atom stereocenters. The van der Waals surface area contributed by atoms with Crippen molar-refractivity contribution in [2.24, 2.45) is 0 Å². The Kier molecular flexibility index (Phi) is 9.57. The van der Waals surface area contributed by atoms with Crippen LogP contribution in [0.3, 0.4) is 0 Å². The molecule has 42 heavy (non-hydrogen) atoms. The number of esters is 2. The van der Waals surface area contributed by atoms with E-state index in [1.165, 1.54) is 36.4 Å². The van der Waals surface area contributed by atoms with E-state index in [-0.39, 0.29) is 16.8 Å². The van der Waals surface area contributed by atoms with Gasteiger partial charge in [-0.2, -0.15) is 5.26 Å². The summed E-state index contributed by atoms with van der Waals surface area (Å²) in [7, 11) is 0. The van der Waals surface area contributed by atoms with Gasteiger partial charge in [-0.05, 0) is 53.6 Å². The van der Waals surface area contributed by atoms with Crippen LogP contribution in [0.1, 0.15) is 31.8 Å². The Labute approximate surface area is 241 Å². The number of carbonyl (C=O) groups excluding carboxylic acids is 3. The normalized spacial score (nSPS) is 12.2. The average Bonchev–Trinajstić information content (AvgIpc) is 3.03. The third-order valence-corrected chi connectivity index (χ3v) is 5.96. The molecule has 0 aliphatic rings. The lowest BCUT2D eigenvalue weighted by Crippen LogP contribution is -2.48. The van der Waals surface area contributed by atoms with E-state index in [9.17, 15) is 29.5 Å². The molecule has 0 saturated heterocycles. The maximum Gasteiger partial charge on any atom is 0.349 e. The predicted molar refractivity (Wildman–Crippen MR) is 154 cm³/mol. The van der Waals surface area contributed by atoms with Crippen molar-refractivity contribution in [1.82, 2.24) is 0 Å². The van der Waals surface area contributed by atoms with Gasteiger partial charge in [0, 0.05) is 5.69 Å². The van der Waals surface area contributed by atoms with Gasteiger partial charge in [0.15, 0.2) is 0 Å². The van der Waals surface area contributed by atoms with Crippen LogP contribution in [-0.4, -0.2) is 41.1 Å². The summed E-state index contributed by atoms with van der Waals surface area (Å²) in [6.45, 7) is 0. The first-order chi connectivity index (χ1) is 20.4. The van der Waals surface area contributed by atoms with Crippen molar-refractivity contribution in [2.45, 2.75) is 12.2 Å². The molecule has 9 heteroatoms. The molecule has 0 saturated carbocycles. The molecule has 0 aliphatic carbocycles. The molecular formula is C33H24N2O7. The first-order valence-corrected chi connectivity index (χ1v) is 12.7. The molecule has 0 aromatic heterocycles. The fourth-order valence-corrected chi connectivity index (χ4v) is 3.85. The number of anilines is 1. The third-order valence-electron chi connectivity index (χ3n) is 5.96. The molecule has 2 N–H and O–H groups in total. The van der Waals surface area contributed by atoms with Gasteiger partial charge in [-0.3, -0.25) is 4.79 Å². The lowest BCUT2D eigenvalue weighted by atomic mass is 10.0. The van der Waals surface area contributed by atoms with Crippen LogP contribution < -0.4 is 5.32 Å². The maximum absolute atomic E-state index is 13.3. The Hall–Kier alpha value is -6.01. The zero-order chi connectivity index (χ0) is 29.9. The minimum Gasteiger partial charge on any atom is -0.478 e. The molecule has 1 amide bonds. The first-order valence-electron chi connectivity index (χ1n) is 12.7. The lowest BCUT2D eigenvalue weighted by Gasteiger charge is -2.23. The van der Waals surface area contributed by atoms with Crippen LogP contribution in [0, 0.1) is 11.3 Å². The van der Waals surface area contributed by atoms with E-state index < -0.39 is 36.0 Å². The zero-order valence-electron chi connectivity index (χ0n) is 22.0. The quantitative estimate of drug-likeness (QED) is 0.153. The van der Waals surface area contributed by atoms with Crippen molar-refractivity contribution in [3.05, 3.63) is 138 Å². The number of allylic oxidation sites excluding steroid dienone is 1. The summed E-state index contributed by atoms with van der Waals surface area (Å²) >= 11 is 0. The smallest absolute Gasteiger partial charge is 0.349 e. The summed E-state index contributed by atoms with van der Waals surface area (Å²) in [6.07, 6.45) is -2.52. The second-order valence-electron chi connectivity index (χ2n) is 8.87. The fraction of sp³-hybridized carbons (Fsp3) is 0.0606. The Bertz CT molecular complexity index is 1630. The number of hydrogen-bond donors (Lipinski definition) is 2. The molecular weight excluding hydrogens is 536 g/mol. The van der Waals surface area contributed by atoms with Crippen LogP contribution in [0.5, 0.6) is 0 Å². The predicted octanol–water partition coefficient (Wildman–Crippen LogP) is 5.23. The number of ether oxygens (including phenoxy) is 2. The van der Waals surface area contributed by atoms with Crippen molar-refractivity contribution in [2.75, 3.05) is 5.32 Å². The second-order valence-corrected chi connectivity index (χ2v) is 8.87.